The minimum Gasteiger partial charge on any atom is -0.371 e. The summed E-state index contributed by atoms with van der Waals surface area (Å²) in [6.07, 6.45) is -0.809. The molecule has 0 aliphatic carbocycles. The molecule has 1 unspecified atom stereocenters. The van der Waals surface area contributed by atoms with Crippen molar-refractivity contribution < 1.29 is 32.4 Å². The fourth-order valence-corrected chi connectivity index (χ4v) is 6.58. The van der Waals surface area contributed by atoms with Crippen LogP contribution < -0.4 is 9.55 Å². The van der Waals surface area contributed by atoms with E-state index in [-0.39, 0.29) is 24.7 Å². The molecule has 2 aromatic heterocycles. The Morgan fingerprint density at radius 3 is 2.40 bits per heavy atom. The molecule has 0 radical (unpaired) electrons. The molecule has 3 aromatic rings. The number of quaternary nitrogens is 1. The third-order valence-corrected chi connectivity index (χ3v) is 8.78. The Hall–Kier alpha value is -3.29. The van der Waals surface area contributed by atoms with Gasteiger partial charge >= 0.3 is 18.1 Å². The average Bonchev–Trinajstić information content (AvgIpc) is 3.34. The molecule has 13 heteroatoms. The second-order valence-corrected chi connectivity index (χ2v) is 12.2. The van der Waals surface area contributed by atoms with Gasteiger partial charge in [-0.05, 0) is 57.7 Å². The maximum absolute atomic E-state index is 14.0. The lowest BCUT2D eigenvalue weighted by Gasteiger charge is -2.38. The van der Waals surface area contributed by atoms with Gasteiger partial charge in [-0.3, -0.25) is 14.6 Å². The second kappa shape index (κ2) is 11.3. The van der Waals surface area contributed by atoms with Crippen molar-refractivity contribution in [2.75, 3.05) is 31.1 Å². The Labute approximate surface area is 240 Å². The van der Waals surface area contributed by atoms with Crippen LogP contribution in [0, 0.1) is 5.92 Å². The number of halogens is 4. The molecule has 1 saturated heterocycles. The van der Waals surface area contributed by atoms with Gasteiger partial charge in [0.05, 0.1) is 15.2 Å². The number of carbonyl (C=O) groups is 3. The number of nitrogens with zero attached hydrogens (tertiary/aromatic N) is 4. The lowest BCUT2D eigenvalue weighted by molar-refractivity contribution is -0.235. The van der Waals surface area contributed by atoms with Gasteiger partial charge in [-0.1, -0.05) is 18.2 Å². The van der Waals surface area contributed by atoms with Gasteiger partial charge in [0.15, 0.2) is 5.69 Å². The molecule has 2 aliphatic rings. The molecule has 1 atom stereocenters. The number of aromatic nitrogens is 1. The lowest BCUT2D eigenvalue weighted by Crippen LogP contribution is -2.61. The van der Waals surface area contributed by atoms with E-state index in [4.69, 9.17) is 4.84 Å². The van der Waals surface area contributed by atoms with Crippen molar-refractivity contribution in [3.05, 3.63) is 75.2 Å². The van der Waals surface area contributed by atoms with Gasteiger partial charge < -0.3 is 9.80 Å². The highest BCUT2D eigenvalue weighted by molar-refractivity contribution is 9.11. The number of hydrogen-bond acceptors (Lipinski definition) is 7. The number of rotatable bonds is 5. The molecule has 0 bridgehead atoms. The third kappa shape index (κ3) is 5.77. The Bertz CT molecular complexity index is 1410. The summed E-state index contributed by atoms with van der Waals surface area (Å²) in [5, 5.41) is 0. The molecule has 2 amide bonds. The third-order valence-electron chi connectivity index (χ3n) is 7.17. The van der Waals surface area contributed by atoms with Crippen molar-refractivity contribution in [3.63, 3.8) is 0 Å². The number of carbonyl (C=O) groups excluding carboxylic acids is 3. The van der Waals surface area contributed by atoms with Gasteiger partial charge in [0, 0.05) is 48.7 Å². The molecule has 5 rings (SSSR count). The molecule has 1 aromatic carbocycles. The molecule has 1 fully saturated rings. The van der Waals surface area contributed by atoms with E-state index in [1.165, 1.54) is 22.3 Å². The normalized spacial score (nSPS) is 20.1. The molecule has 0 N–H and O–H groups in total. The van der Waals surface area contributed by atoms with Crippen molar-refractivity contribution in [2.45, 2.75) is 25.6 Å². The van der Waals surface area contributed by atoms with Crippen LogP contribution in [0.2, 0.25) is 0 Å². The van der Waals surface area contributed by atoms with E-state index in [2.05, 4.69) is 25.8 Å². The van der Waals surface area contributed by atoms with Crippen molar-refractivity contribution in [2.24, 2.45) is 5.92 Å². The molecule has 2 aliphatic heterocycles. The van der Waals surface area contributed by atoms with Crippen molar-refractivity contribution in [1.82, 2.24) is 14.5 Å². The Morgan fingerprint density at radius 1 is 1.05 bits per heavy atom. The zero-order chi connectivity index (χ0) is 28.5. The number of alkyl halides is 3. The van der Waals surface area contributed by atoms with Crippen molar-refractivity contribution >= 4 is 56.4 Å². The summed E-state index contributed by atoms with van der Waals surface area (Å²) in [4.78, 5) is 52.6. The zero-order valence-electron chi connectivity index (χ0n) is 21.1. The van der Waals surface area contributed by atoms with Gasteiger partial charge in [-0.2, -0.15) is 13.2 Å². The Balaban J connectivity index is 1.49. The molecule has 210 valence electrons. The van der Waals surface area contributed by atoms with E-state index in [0.29, 0.717) is 36.4 Å². The molecule has 4 heterocycles. The highest BCUT2D eigenvalue weighted by Gasteiger charge is 2.56. The zero-order valence-corrected chi connectivity index (χ0v) is 23.5. The molecule has 0 saturated carbocycles. The quantitative estimate of drug-likeness (QED) is 0.352. The van der Waals surface area contributed by atoms with E-state index in [1.54, 1.807) is 42.7 Å². The van der Waals surface area contributed by atoms with E-state index in [0.717, 1.165) is 9.47 Å². The first-order valence-electron chi connectivity index (χ1n) is 12.6. The molecule has 40 heavy (non-hydrogen) atoms. The summed E-state index contributed by atoms with van der Waals surface area (Å²) >= 11 is 4.51. The Morgan fingerprint density at radius 2 is 1.75 bits per heavy atom. The van der Waals surface area contributed by atoms with E-state index >= 15 is 0 Å². The van der Waals surface area contributed by atoms with Crippen LogP contribution in [0.5, 0.6) is 0 Å². The summed E-state index contributed by atoms with van der Waals surface area (Å²) < 4.78 is 40.1. The maximum atomic E-state index is 14.0. The van der Waals surface area contributed by atoms with Crippen LogP contribution in [0.15, 0.2) is 64.7 Å². The number of piperidine rings is 1. The lowest BCUT2D eigenvalue weighted by atomic mass is 9.95. The number of hydrogen-bond donors (Lipinski definition) is 0. The fraction of sp³-hybridized carbons (Fsp3) is 0.333. The summed E-state index contributed by atoms with van der Waals surface area (Å²) in [6, 6.07) is 13.5. The Kier molecular flexibility index (Phi) is 7.98. The monoisotopic (exact) mass is 637 g/mol. The molecule has 8 nitrogen and oxygen atoms in total. The molecule has 0 spiro atoms. The first-order chi connectivity index (χ1) is 19.1. The first-order valence-corrected chi connectivity index (χ1v) is 14.2. The predicted octanol–water partition coefficient (Wildman–Crippen LogP) is 5.33. The number of thiophene rings is 1. The highest BCUT2D eigenvalue weighted by Crippen LogP contribution is 2.38. The van der Waals surface area contributed by atoms with Gasteiger partial charge in [0.2, 0.25) is 0 Å². The van der Waals surface area contributed by atoms with Gasteiger partial charge in [0.1, 0.15) is 13.1 Å². The van der Waals surface area contributed by atoms with Gasteiger partial charge in [-0.15, -0.1) is 11.3 Å². The summed E-state index contributed by atoms with van der Waals surface area (Å²) in [5.74, 6) is -3.94. The summed E-state index contributed by atoms with van der Waals surface area (Å²) in [6.45, 7) is 0.490. The van der Waals surface area contributed by atoms with Crippen LogP contribution in [-0.4, -0.2) is 60.0 Å². The minimum atomic E-state index is -5.31. The van der Waals surface area contributed by atoms with Crippen molar-refractivity contribution in [3.8, 4) is 0 Å². The van der Waals surface area contributed by atoms with Crippen LogP contribution in [-0.2, 0) is 21.0 Å². The fourth-order valence-electron chi connectivity index (χ4n) is 5.22. The maximum Gasteiger partial charge on any atom is 0.497 e. The van der Waals surface area contributed by atoms with Crippen LogP contribution in [0.25, 0.3) is 0 Å². The minimum absolute atomic E-state index is 0.0275. The SMILES string of the molecule is O=C(c1ccc(Br)s1)N1CC(=O)[N+](CC2CCN(c3ccncc3)CC2)(OC(=O)C(F)(F)F)c2ccccc2C1. The number of hydroxylamine groups is 2. The standard InChI is InChI=1S/C27H25BrF3N4O4S/c28-23-6-5-22(40-23)25(37)34-15-19-3-1-2-4-21(19)35(24(36)16-34,39-26(38)27(29,30)31)17-18-9-13-33(14-10-18)20-7-11-32-12-8-20/h1-8,11-12,18H,9-10,13-17H2/q+1. The number of para-hydroxylation sites is 1. The van der Waals surface area contributed by atoms with Crippen LogP contribution in [0.4, 0.5) is 24.5 Å². The smallest absolute Gasteiger partial charge is 0.371 e. The van der Waals surface area contributed by atoms with Crippen LogP contribution >= 0.6 is 27.3 Å². The predicted molar refractivity (Wildman–Crippen MR) is 146 cm³/mol. The summed E-state index contributed by atoms with van der Waals surface area (Å²) in [5.41, 5.74) is 1.54. The summed E-state index contributed by atoms with van der Waals surface area (Å²) in [7, 11) is 0. The van der Waals surface area contributed by atoms with Crippen LogP contribution in [0.1, 0.15) is 28.1 Å². The topological polar surface area (TPSA) is 79.8 Å². The van der Waals surface area contributed by atoms with E-state index in [9.17, 15) is 27.6 Å². The number of pyridine rings is 1. The molecular weight excluding hydrogens is 613 g/mol. The number of benzene rings is 1. The van der Waals surface area contributed by atoms with Crippen molar-refractivity contribution in [1.29, 1.82) is 0 Å². The van der Waals surface area contributed by atoms with Gasteiger partial charge in [-0.25, -0.2) is 9.59 Å². The van der Waals surface area contributed by atoms with E-state index < -0.39 is 35.2 Å². The van der Waals surface area contributed by atoms with Crippen LogP contribution in [0.3, 0.4) is 0 Å². The highest BCUT2D eigenvalue weighted by atomic mass is 79.9. The first kappa shape index (κ1) is 28.2. The number of fused-ring (bicyclic) bond motifs is 1. The average molecular weight is 638 g/mol. The van der Waals surface area contributed by atoms with Gasteiger partial charge in [0.25, 0.3) is 5.91 Å². The van der Waals surface area contributed by atoms with E-state index in [1.807, 2.05) is 12.1 Å². The number of anilines is 1. The largest absolute Gasteiger partial charge is 0.497 e. The number of amides is 2. The second-order valence-electron chi connectivity index (χ2n) is 9.72. The molecular formula is C27H25BrF3N4O4S+.